The van der Waals surface area contributed by atoms with Gasteiger partial charge in [0.15, 0.2) is 5.82 Å². The average Bonchev–Trinajstić information content (AvgIpc) is 3.08. The molecule has 158 valence electrons. The molecule has 1 saturated heterocycles. The summed E-state index contributed by atoms with van der Waals surface area (Å²) in [5.41, 5.74) is -2.59. The fraction of sp³-hybridized carbons (Fsp3) is 0.263. The summed E-state index contributed by atoms with van der Waals surface area (Å²) in [6, 6.07) is 5.91. The number of ether oxygens (including phenoxy) is 1. The van der Waals surface area contributed by atoms with Gasteiger partial charge in [0.1, 0.15) is 28.2 Å². The van der Waals surface area contributed by atoms with Crippen molar-refractivity contribution in [2.24, 2.45) is 0 Å². The summed E-state index contributed by atoms with van der Waals surface area (Å²) >= 11 is 0. The summed E-state index contributed by atoms with van der Waals surface area (Å²) in [4.78, 5) is 11.5. The van der Waals surface area contributed by atoms with Crippen LogP contribution < -0.4 is 10.0 Å². The molecule has 0 unspecified atom stereocenters. The van der Waals surface area contributed by atoms with E-state index < -0.39 is 49.4 Å². The lowest BCUT2D eigenvalue weighted by atomic mass is 10.0. The Hall–Kier alpha value is -2.94. The quantitative estimate of drug-likeness (QED) is 0.745. The second-order valence-electron chi connectivity index (χ2n) is 6.96. The summed E-state index contributed by atoms with van der Waals surface area (Å²) in [6.07, 6.45) is 0.355. The van der Waals surface area contributed by atoms with Crippen LogP contribution in [0, 0.1) is 28.8 Å². The van der Waals surface area contributed by atoms with Crippen molar-refractivity contribution in [3.8, 4) is 6.07 Å². The number of carbonyl (C=O) groups excluding carboxylic acids is 1. The number of nitrogens with zero attached hydrogens (tertiary/aromatic N) is 1. The van der Waals surface area contributed by atoms with Crippen molar-refractivity contribution >= 4 is 21.6 Å². The zero-order valence-electron chi connectivity index (χ0n) is 15.6. The molecular formula is C19H16F3N3O4S. The summed E-state index contributed by atoms with van der Waals surface area (Å²) in [6.45, 7) is 1.98. The zero-order chi connectivity index (χ0) is 22.1. The van der Waals surface area contributed by atoms with Gasteiger partial charge in [-0.2, -0.15) is 5.26 Å². The molecule has 0 bridgehead atoms. The third-order valence-corrected chi connectivity index (χ3v) is 6.17. The number of amides is 1. The third kappa shape index (κ3) is 4.30. The SMILES string of the molecule is C[C@]1(NS(=O)(=O)c2ccc(F)c(C(=O)Nc3ccc(F)c(C#N)c3)c2F)CCOC1. The Kier molecular flexibility index (Phi) is 5.85. The van der Waals surface area contributed by atoms with E-state index in [9.17, 15) is 26.4 Å². The minimum Gasteiger partial charge on any atom is -0.379 e. The van der Waals surface area contributed by atoms with Gasteiger partial charge in [-0.25, -0.2) is 26.3 Å². The van der Waals surface area contributed by atoms with E-state index in [2.05, 4.69) is 10.0 Å². The van der Waals surface area contributed by atoms with Crippen molar-refractivity contribution in [1.29, 1.82) is 5.26 Å². The zero-order valence-corrected chi connectivity index (χ0v) is 16.4. The first-order valence-corrected chi connectivity index (χ1v) is 10.2. The van der Waals surface area contributed by atoms with E-state index in [0.29, 0.717) is 25.2 Å². The van der Waals surface area contributed by atoms with Crippen LogP contribution in [0.5, 0.6) is 0 Å². The van der Waals surface area contributed by atoms with E-state index in [0.717, 1.165) is 18.2 Å². The van der Waals surface area contributed by atoms with Gasteiger partial charge >= 0.3 is 0 Å². The van der Waals surface area contributed by atoms with Crippen LogP contribution in [-0.2, 0) is 14.8 Å². The van der Waals surface area contributed by atoms with Crippen molar-refractivity contribution < 1.29 is 31.1 Å². The number of hydrogen-bond acceptors (Lipinski definition) is 5. The molecule has 0 spiro atoms. The fourth-order valence-electron chi connectivity index (χ4n) is 2.96. The molecule has 2 aromatic rings. The van der Waals surface area contributed by atoms with Crippen LogP contribution in [-0.4, -0.2) is 33.1 Å². The molecular weight excluding hydrogens is 423 g/mol. The normalized spacial score (nSPS) is 18.8. The first-order valence-electron chi connectivity index (χ1n) is 8.67. The molecule has 1 atom stereocenters. The number of rotatable bonds is 5. The maximum Gasteiger partial charge on any atom is 0.261 e. The van der Waals surface area contributed by atoms with Gasteiger partial charge in [-0.1, -0.05) is 0 Å². The molecule has 1 heterocycles. The first-order chi connectivity index (χ1) is 14.1. The predicted octanol–water partition coefficient (Wildman–Crippen LogP) is 2.69. The smallest absolute Gasteiger partial charge is 0.261 e. The van der Waals surface area contributed by atoms with Crippen LogP contribution in [0.2, 0.25) is 0 Å². The van der Waals surface area contributed by atoms with Crippen LogP contribution in [0.1, 0.15) is 29.3 Å². The van der Waals surface area contributed by atoms with E-state index in [1.807, 2.05) is 0 Å². The van der Waals surface area contributed by atoms with Crippen molar-refractivity contribution in [3.05, 3.63) is 58.9 Å². The lowest BCUT2D eigenvalue weighted by Crippen LogP contribution is -2.46. The number of anilines is 1. The van der Waals surface area contributed by atoms with Crippen LogP contribution in [0.3, 0.4) is 0 Å². The van der Waals surface area contributed by atoms with E-state index in [1.54, 1.807) is 13.0 Å². The number of carbonyl (C=O) groups is 1. The Balaban J connectivity index is 1.94. The lowest BCUT2D eigenvalue weighted by molar-refractivity contribution is 0.101. The molecule has 0 aliphatic carbocycles. The molecule has 1 amide bonds. The molecule has 1 aliphatic rings. The van der Waals surface area contributed by atoms with Crippen molar-refractivity contribution in [2.75, 3.05) is 18.5 Å². The molecule has 30 heavy (non-hydrogen) atoms. The molecule has 0 radical (unpaired) electrons. The van der Waals surface area contributed by atoms with E-state index >= 15 is 0 Å². The average molecular weight is 439 g/mol. The van der Waals surface area contributed by atoms with Crippen molar-refractivity contribution in [1.82, 2.24) is 4.72 Å². The van der Waals surface area contributed by atoms with Crippen LogP contribution >= 0.6 is 0 Å². The minimum absolute atomic E-state index is 0.0776. The highest BCUT2D eigenvalue weighted by Gasteiger charge is 2.36. The summed E-state index contributed by atoms with van der Waals surface area (Å²) < 4.78 is 75.3. The third-order valence-electron chi connectivity index (χ3n) is 4.52. The largest absolute Gasteiger partial charge is 0.379 e. The second-order valence-corrected chi connectivity index (χ2v) is 8.61. The number of halogens is 3. The van der Waals surface area contributed by atoms with Crippen molar-refractivity contribution in [3.63, 3.8) is 0 Å². The highest BCUT2D eigenvalue weighted by Crippen LogP contribution is 2.26. The van der Waals surface area contributed by atoms with Gasteiger partial charge in [-0.3, -0.25) is 4.79 Å². The van der Waals surface area contributed by atoms with Gasteiger partial charge in [0, 0.05) is 12.3 Å². The molecule has 7 nitrogen and oxygen atoms in total. The maximum atomic E-state index is 14.9. The molecule has 3 rings (SSSR count). The second kappa shape index (κ2) is 8.06. The number of sulfonamides is 1. The van der Waals surface area contributed by atoms with Crippen molar-refractivity contribution in [2.45, 2.75) is 23.8 Å². The Labute approximate surface area is 170 Å². The number of nitrogens with one attached hydrogen (secondary N) is 2. The molecule has 11 heteroatoms. The van der Waals surface area contributed by atoms with Gasteiger partial charge in [-0.05, 0) is 43.7 Å². The summed E-state index contributed by atoms with van der Waals surface area (Å²) in [5, 5.41) is 11.0. The number of benzene rings is 2. The van der Waals surface area contributed by atoms with Gasteiger partial charge in [0.05, 0.1) is 17.7 Å². The predicted molar refractivity (Wildman–Crippen MR) is 99.6 cm³/mol. The molecule has 0 saturated carbocycles. The summed E-state index contributed by atoms with van der Waals surface area (Å²) in [5.74, 6) is -5.00. The molecule has 2 aromatic carbocycles. The van der Waals surface area contributed by atoms with Gasteiger partial charge < -0.3 is 10.1 Å². The number of nitriles is 1. The van der Waals surface area contributed by atoms with Crippen LogP contribution in [0.25, 0.3) is 0 Å². The van der Waals surface area contributed by atoms with Crippen LogP contribution in [0.4, 0.5) is 18.9 Å². The molecule has 1 fully saturated rings. The summed E-state index contributed by atoms with van der Waals surface area (Å²) in [7, 11) is -4.44. The Morgan fingerprint density at radius 1 is 1.20 bits per heavy atom. The van der Waals surface area contributed by atoms with Gasteiger partial charge in [0.2, 0.25) is 10.0 Å². The topological polar surface area (TPSA) is 108 Å². The Bertz CT molecular complexity index is 1160. The maximum absolute atomic E-state index is 14.9. The Morgan fingerprint density at radius 3 is 2.53 bits per heavy atom. The fourth-order valence-corrected chi connectivity index (χ4v) is 4.46. The highest BCUT2D eigenvalue weighted by molar-refractivity contribution is 7.89. The molecule has 1 aliphatic heterocycles. The van der Waals surface area contributed by atoms with Gasteiger partial charge in [-0.15, -0.1) is 0 Å². The molecule has 2 N–H and O–H groups in total. The van der Waals surface area contributed by atoms with Crippen LogP contribution in [0.15, 0.2) is 35.2 Å². The minimum atomic E-state index is -4.44. The van der Waals surface area contributed by atoms with E-state index in [-0.39, 0.29) is 17.9 Å². The van der Waals surface area contributed by atoms with Gasteiger partial charge in [0.25, 0.3) is 5.91 Å². The lowest BCUT2D eigenvalue weighted by Gasteiger charge is -2.23. The Morgan fingerprint density at radius 2 is 1.90 bits per heavy atom. The monoisotopic (exact) mass is 439 g/mol. The highest BCUT2D eigenvalue weighted by atomic mass is 32.2. The first kappa shape index (κ1) is 21.8. The standard InChI is InChI=1S/C19H16F3N3O4S/c1-19(6-7-29-10-19)25-30(27,28)15-5-4-14(21)16(17(15)22)18(26)24-12-2-3-13(20)11(8-12)9-23/h2-5,8,25H,6-7,10H2,1H3,(H,24,26)/t19-/m0/s1. The molecule has 0 aromatic heterocycles. The van der Waals surface area contributed by atoms with E-state index in [1.165, 1.54) is 0 Å². The number of hydrogen-bond donors (Lipinski definition) is 2. The van der Waals surface area contributed by atoms with E-state index in [4.69, 9.17) is 10.00 Å².